The van der Waals surface area contributed by atoms with E-state index in [9.17, 15) is 0 Å². The molecule has 0 amide bonds. The molecule has 0 saturated carbocycles. The summed E-state index contributed by atoms with van der Waals surface area (Å²) in [5.74, 6) is 0.926. The van der Waals surface area contributed by atoms with Gasteiger partial charge in [0.1, 0.15) is 12.4 Å². The summed E-state index contributed by atoms with van der Waals surface area (Å²) in [5.41, 5.74) is 1.11. The molecule has 1 aromatic heterocycles. The molecule has 1 aromatic rings. The quantitative estimate of drug-likeness (QED) is 0.780. The van der Waals surface area contributed by atoms with E-state index >= 15 is 0 Å². The van der Waals surface area contributed by atoms with Gasteiger partial charge in [0, 0.05) is 37.1 Å². The number of likely N-dealkylation sites (N-methyl/N-ethyl adjacent to an activating group) is 1. The molecule has 0 saturated heterocycles. The molecule has 1 N–H and O–H groups in total. The first-order valence-corrected chi connectivity index (χ1v) is 6.03. The molecule has 0 fully saturated rings. The summed E-state index contributed by atoms with van der Waals surface area (Å²) < 4.78 is 5.76. The van der Waals surface area contributed by atoms with E-state index in [1.165, 1.54) is 0 Å². The minimum atomic E-state index is 0.463. The van der Waals surface area contributed by atoms with Gasteiger partial charge in [0.25, 0.3) is 0 Å². The van der Waals surface area contributed by atoms with Crippen molar-refractivity contribution in [2.45, 2.75) is 26.4 Å². The molecule has 17 heavy (non-hydrogen) atoms. The van der Waals surface area contributed by atoms with Crippen LogP contribution in [0.25, 0.3) is 0 Å². The van der Waals surface area contributed by atoms with E-state index in [4.69, 9.17) is 4.74 Å². The number of rotatable bonds is 7. The van der Waals surface area contributed by atoms with Crippen molar-refractivity contribution in [1.29, 1.82) is 0 Å². The molecule has 0 radical (unpaired) electrons. The van der Waals surface area contributed by atoms with Crippen LogP contribution in [0.1, 0.15) is 19.4 Å². The number of hydrogen-bond donors (Lipinski definition) is 1. The van der Waals surface area contributed by atoms with E-state index in [0.717, 1.165) is 24.4 Å². The van der Waals surface area contributed by atoms with E-state index in [1.807, 2.05) is 26.4 Å². The highest BCUT2D eigenvalue weighted by atomic mass is 16.5. The summed E-state index contributed by atoms with van der Waals surface area (Å²) in [5, 5.41) is 3.37. The molecule has 0 aliphatic heterocycles. The second-order valence-corrected chi connectivity index (χ2v) is 4.67. The maximum absolute atomic E-state index is 5.76. The Bertz CT molecular complexity index is 326. The minimum Gasteiger partial charge on any atom is -0.492 e. The Kier molecular flexibility index (Phi) is 5.94. The smallest absolute Gasteiger partial charge is 0.126 e. The second kappa shape index (κ2) is 7.25. The van der Waals surface area contributed by atoms with Crippen LogP contribution in [0.2, 0.25) is 0 Å². The second-order valence-electron chi connectivity index (χ2n) is 4.67. The fourth-order valence-electron chi connectivity index (χ4n) is 1.34. The van der Waals surface area contributed by atoms with Crippen LogP contribution in [0.3, 0.4) is 0 Å². The van der Waals surface area contributed by atoms with Crippen LogP contribution in [-0.2, 0) is 6.54 Å². The van der Waals surface area contributed by atoms with Gasteiger partial charge in [-0.3, -0.25) is 4.98 Å². The Balaban J connectivity index is 2.51. The molecule has 4 nitrogen and oxygen atoms in total. The number of hydrogen-bond acceptors (Lipinski definition) is 4. The molecule has 4 heteroatoms. The third-order valence-electron chi connectivity index (χ3n) is 2.36. The zero-order chi connectivity index (χ0) is 12.7. The minimum absolute atomic E-state index is 0.463. The van der Waals surface area contributed by atoms with Gasteiger partial charge in [-0.1, -0.05) is 13.8 Å². The highest BCUT2D eigenvalue weighted by molar-refractivity contribution is 5.29. The van der Waals surface area contributed by atoms with Crippen molar-refractivity contribution in [3.8, 4) is 5.75 Å². The Morgan fingerprint density at radius 3 is 2.82 bits per heavy atom. The summed E-state index contributed by atoms with van der Waals surface area (Å²) in [7, 11) is 4.08. The van der Waals surface area contributed by atoms with Gasteiger partial charge in [-0.05, 0) is 20.2 Å². The molecule has 0 unspecified atom stereocenters. The van der Waals surface area contributed by atoms with Gasteiger partial charge >= 0.3 is 0 Å². The lowest BCUT2D eigenvalue weighted by Crippen LogP contribution is -2.23. The first kappa shape index (κ1) is 13.9. The number of nitrogens with one attached hydrogen (secondary N) is 1. The van der Waals surface area contributed by atoms with Crippen LogP contribution in [0.5, 0.6) is 5.75 Å². The average molecular weight is 237 g/mol. The largest absolute Gasteiger partial charge is 0.492 e. The molecule has 1 rings (SSSR count). The van der Waals surface area contributed by atoms with Crippen molar-refractivity contribution in [2.75, 3.05) is 27.2 Å². The zero-order valence-electron chi connectivity index (χ0n) is 11.2. The van der Waals surface area contributed by atoms with Gasteiger partial charge in [0.15, 0.2) is 0 Å². The van der Waals surface area contributed by atoms with Gasteiger partial charge < -0.3 is 15.0 Å². The average Bonchev–Trinajstić information content (AvgIpc) is 2.27. The molecule has 0 aromatic carbocycles. The number of pyridine rings is 1. The summed E-state index contributed by atoms with van der Waals surface area (Å²) in [6, 6.07) is 2.39. The van der Waals surface area contributed by atoms with E-state index in [2.05, 4.69) is 29.0 Å². The highest BCUT2D eigenvalue weighted by Gasteiger charge is 2.04. The SMILES string of the molecule is CC(C)NCc1cnccc1OCCN(C)C. The Labute approximate surface area is 104 Å². The monoisotopic (exact) mass is 237 g/mol. The van der Waals surface area contributed by atoms with E-state index in [0.29, 0.717) is 12.6 Å². The van der Waals surface area contributed by atoms with Crippen LogP contribution in [-0.4, -0.2) is 43.2 Å². The molecule has 0 aliphatic carbocycles. The molecule has 0 spiro atoms. The normalized spacial score (nSPS) is 11.2. The summed E-state index contributed by atoms with van der Waals surface area (Å²) >= 11 is 0. The number of aromatic nitrogens is 1. The van der Waals surface area contributed by atoms with E-state index in [1.54, 1.807) is 6.20 Å². The van der Waals surface area contributed by atoms with Gasteiger partial charge in [0.05, 0.1) is 0 Å². The summed E-state index contributed by atoms with van der Waals surface area (Å²) in [6.07, 6.45) is 3.63. The summed E-state index contributed by atoms with van der Waals surface area (Å²) in [6.45, 7) is 6.67. The lowest BCUT2D eigenvalue weighted by atomic mass is 10.2. The lowest BCUT2D eigenvalue weighted by Gasteiger charge is -2.14. The first-order valence-electron chi connectivity index (χ1n) is 6.03. The number of ether oxygens (including phenoxy) is 1. The predicted octanol–water partition coefficient (Wildman–Crippen LogP) is 1.52. The van der Waals surface area contributed by atoms with Crippen molar-refractivity contribution < 1.29 is 4.74 Å². The summed E-state index contributed by atoms with van der Waals surface area (Å²) in [4.78, 5) is 6.24. The predicted molar refractivity (Wildman–Crippen MR) is 70.3 cm³/mol. The van der Waals surface area contributed by atoms with E-state index < -0.39 is 0 Å². The Morgan fingerprint density at radius 1 is 1.41 bits per heavy atom. The third-order valence-corrected chi connectivity index (χ3v) is 2.36. The van der Waals surface area contributed by atoms with Crippen LogP contribution < -0.4 is 10.1 Å². The van der Waals surface area contributed by atoms with Crippen molar-refractivity contribution in [3.05, 3.63) is 24.0 Å². The van der Waals surface area contributed by atoms with Crippen molar-refractivity contribution in [2.24, 2.45) is 0 Å². The van der Waals surface area contributed by atoms with Crippen molar-refractivity contribution in [1.82, 2.24) is 15.2 Å². The van der Waals surface area contributed by atoms with Gasteiger partial charge in [-0.15, -0.1) is 0 Å². The van der Waals surface area contributed by atoms with Crippen LogP contribution in [0.4, 0.5) is 0 Å². The first-order chi connectivity index (χ1) is 8.09. The maximum Gasteiger partial charge on any atom is 0.126 e. The third kappa shape index (κ3) is 5.65. The van der Waals surface area contributed by atoms with Gasteiger partial charge in [-0.2, -0.15) is 0 Å². The van der Waals surface area contributed by atoms with Gasteiger partial charge in [0.2, 0.25) is 0 Å². The number of nitrogens with zero attached hydrogens (tertiary/aromatic N) is 2. The van der Waals surface area contributed by atoms with Crippen molar-refractivity contribution in [3.63, 3.8) is 0 Å². The standard InChI is InChI=1S/C13H23N3O/c1-11(2)15-10-12-9-14-6-5-13(12)17-8-7-16(3)4/h5-6,9,11,15H,7-8,10H2,1-4H3. The maximum atomic E-state index is 5.76. The molecule has 0 bridgehead atoms. The van der Waals surface area contributed by atoms with E-state index in [-0.39, 0.29) is 0 Å². The van der Waals surface area contributed by atoms with Crippen LogP contribution in [0.15, 0.2) is 18.5 Å². The molecular weight excluding hydrogens is 214 g/mol. The molecule has 0 aliphatic rings. The highest BCUT2D eigenvalue weighted by Crippen LogP contribution is 2.16. The van der Waals surface area contributed by atoms with Crippen LogP contribution in [0, 0.1) is 0 Å². The molecule has 96 valence electrons. The Hall–Kier alpha value is -1.13. The fraction of sp³-hybridized carbons (Fsp3) is 0.615. The van der Waals surface area contributed by atoms with Crippen molar-refractivity contribution >= 4 is 0 Å². The molecule has 0 atom stereocenters. The Morgan fingerprint density at radius 2 is 2.18 bits per heavy atom. The lowest BCUT2D eigenvalue weighted by molar-refractivity contribution is 0.258. The zero-order valence-corrected chi connectivity index (χ0v) is 11.2. The molecular formula is C13H23N3O. The molecule has 1 heterocycles. The van der Waals surface area contributed by atoms with Gasteiger partial charge in [-0.25, -0.2) is 0 Å². The topological polar surface area (TPSA) is 37.4 Å². The fourth-order valence-corrected chi connectivity index (χ4v) is 1.34. The van der Waals surface area contributed by atoms with Crippen LogP contribution >= 0.6 is 0 Å².